The Balaban J connectivity index is 1.87. The Labute approximate surface area is 185 Å². The van der Waals surface area contributed by atoms with E-state index in [0.29, 0.717) is 22.0 Å². The van der Waals surface area contributed by atoms with Gasteiger partial charge in [-0.1, -0.05) is 25.5 Å². The predicted molar refractivity (Wildman–Crippen MR) is 121 cm³/mol. The molecular formula is C23H28N2O5S. The number of hydrogen-bond donors (Lipinski definition) is 3. The molecule has 1 aliphatic rings. The van der Waals surface area contributed by atoms with Crippen LogP contribution in [0.5, 0.6) is 5.75 Å². The number of amides is 2. The summed E-state index contributed by atoms with van der Waals surface area (Å²) in [6, 6.07) is 7.19. The van der Waals surface area contributed by atoms with Gasteiger partial charge < -0.3 is 20.5 Å². The first-order valence-corrected chi connectivity index (χ1v) is 11.3. The van der Waals surface area contributed by atoms with E-state index in [4.69, 9.17) is 9.84 Å². The summed E-state index contributed by atoms with van der Waals surface area (Å²) in [4.78, 5) is 37.9. The van der Waals surface area contributed by atoms with Crippen LogP contribution in [0.4, 0.5) is 10.7 Å². The zero-order valence-electron chi connectivity index (χ0n) is 17.8. The van der Waals surface area contributed by atoms with Gasteiger partial charge in [-0.2, -0.15) is 0 Å². The molecule has 1 aromatic carbocycles. The number of nitrogens with one attached hydrogen (secondary N) is 2. The lowest BCUT2D eigenvalue weighted by atomic mass is 10.0. The third-order valence-electron chi connectivity index (χ3n) is 5.31. The van der Waals surface area contributed by atoms with Gasteiger partial charge in [0.15, 0.2) is 0 Å². The first-order chi connectivity index (χ1) is 14.9. The zero-order chi connectivity index (χ0) is 22.4. The van der Waals surface area contributed by atoms with E-state index in [0.717, 1.165) is 42.5 Å². The second-order valence-electron chi connectivity index (χ2n) is 7.88. The molecule has 7 nitrogen and oxygen atoms in total. The molecular weight excluding hydrogens is 416 g/mol. The van der Waals surface area contributed by atoms with Crippen molar-refractivity contribution in [3.63, 3.8) is 0 Å². The number of rotatable bonds is 8. The van der Waals surface area contributed by atoms with Crippen molar-refractivity contribution < 1.29 is 24.2 Å². The standard InChI is InChI=1S/C23H28N2O5S/c1-14(13-20(27)28)12-19(26)25-23-21(15-8-4-3-5-11-18(15)31-23)22(29)24-16-9-6-7-10-17(16)30-2/h6-7,9-10,14H,3-5,8,11-13H2,1-2H3,(H,24,29)(H,25,26)(H,27,28). The molecule has 1 aliphatic carbocycles. The number of aliphatic carboxylic acids is 1. The normalized spacial score (nSPS) is 14.1. The number of anilines is 2. The number of methoxy groups -OCH3 is 1. The molecule has 1 unspecified atom stereocenters. The molecule has 8 heteroatoms. The fraction of sp³-hybridized carbons (Fsp3) is 0.435. The molecule has 0 radical (unpaired) electrons. The van der Waals surface area contributed by atoms with Crippen LogP contribution in [0, 0.1) is 5.92 Å². The number of carboxylic acid groups (broad SMARTS) is 1. The van der Waals surface area contributed by atoms with E-state index < -0.39 is 5.97 Å². The summed E-state index contributed by atoms with van der Waals surface area (Å²) in [7, 11) is 1.55. The van der Waals surface area contributed by atoms with Gasteiger partial charge in [-0.05, 0) is 49.3 Å². The van der Waals surface area contributed by atoms with Gasteiger partial charge in [0.05, 0.1) is 18.4 Å². The molecule has 3 rings (SSSR count). The summed E-state index contributed by atoms with van der Waals surface area (Å²) >= 11 is 1.45. The first-order valence-electron chi connectivity index (χ1n) is 10.5. The van der Waals surface area contributed by atoms with Crippen molar-refractivity contribution in [2.75, 3.05) is 17.7 Å². The van der Waals surface area contributed by atoms with Crippen molar-refractivity contribution in [1.29, 1.82) is 0 Å². The van der Waals surface area contributed by atoms with Gasteiger partial charge in [-0.3, -0.25) is 14.4 Å². The van der Waals surface area contributed by atoms with Gasteiger partial charge in [-0.15, -0.1) is 11.3 Å². The van der Waals surface area contributed by atoms with Gasteiger partial charge in [-0.25, -0.2) is 0 Å². The maximum Gasteiger partial charge on any atom is 0.303 e. The minimum absolute atomic E-state index is 0.0739. The summed E-state index contributed by atoms with van der Waals surface area (Å²) in [6.45, 7) is 1.73. The summed E-state index contributed by atoms with van der Waals surface area (Å²) < 4.78 is 5.34. The van der Waals surface area contributed by atoms with Crippen molar-refractivity contribution in [3.8, 4) is 5.75 Å². The first kappa shape index (κ1) is 22.8. The van der Waals surface area contributed by atoms with Crippen LogP contribution in [0.15, 0.2) is 24.3 Å². The van der Waals surface area contributed by atoms with Crippen LogP contribution in [0.3, 0.4) is 0 Å². The average Bonchev–Trinajstić information content (AvgIpc) is 2.88. The quantitative estimate of drug-likeness (QED) is 0.511. The fourth-order valence-electron chi connectivity index (χ4n) is 3.87. The summed E-state index contributed by atoms with van der Waals surface area (Å²) in [6.07, 6.45) is 4.87. The molecule has 0 fully saturated rings. The Morgan fingerprint density at radius 3 is 2.58 bits per heavy atom. The van der Waals surface area contributed by atoms with Crippen LogP contribution in [-0.2, 0) is 22.4 Å². The van der Waals surface area contributed by atoms with Crippen LogP contribution in [0.25, 0.3) is 0 Å². The molecule has 2 aromatic rings. The number of carbonyl (C=O) groups excluding carboxylic acids is 2. The number of carboxylic acids is 1. The summed E-state index contributed by atoms with van der Waals surface area (Å²) in [5.41, 5.74) is 2.08. The zero-order valence-corrected chi connectivity index (χ0v) is 18.6. The largest absolute Gasteiger partial charge is 0.495 e. The van der Waals surface area contributed by atoms with Gasteiger partial charge in [0.25, 0.3) is 5.91 Å². The lowest BCUT2D eigenvalue weighted by molar-refractivity contribution is -0.138. The lowest BCUT2D eigenvalue weighted by Gasteiger charge is -2.13. The second kappa shape index (κ2) is 10.4. The van der Waals surface area contributed by atoms with Crippen molar-refractivity contribution in [2.24, 2.45) is 5.92 Å². The van der Waals surface area contributed by atoms with E-state index in [1.54, 1.807) is 26.2 Å². The van der Waals surface area contributed by atoms with Crippen LogP contribution < -0.4 is 15.4 Å². The highest BCUT2D eigenvalue weighted by Gasteiger charge is 2.26. The molecule has 166 valence electrons. The maximum atomic E-state index is 13.3. The van der Waals surface area contributed by atoms with Crippen LogP contribution in [-0.4, -0.2) is 30.0 Å². The van der Waals surface area contributed by atoms with E-state index in [9.17, 15) is 14.4 Å². The topological polar surface area (TPSA) is 105 Å². The number of benzene rings is 1. The van der Waals surface area contributed by atoms with Crippen molar-refractivity contribution in [2.45, 2.75) is 51.9 Å². The van der Waals surface area contributed by atoms with E-state index in [2.05, 4.69) is 10.6 Å². The van der Waals surface area contributed by atoms with Crippen molar-refractivity contribution >= 4 is 39.8 Å². The predicted octanol–water partition coefficient (Wildman–Crippen LogP) is 4.72. The summed E-state index contributed by atoms with van der Waals surface area (Å²) in [5, 5.41) is 15.3. The molecule has 2 amide bonds. The number of aryl methyl sites for hydroxylation is 1. The molecule has 1 atom stereocenters. The van der Waals surface area contributed by atoms with Crippen molar-refractivity contribution in [3.05, 3.63) is 40.3 Å². The highest BCUT2D eigenvalue weighted by Crippen LogP contribution is 2.38. The Morgan fingerprint density at radius 1 is 1.10 bits per heavy atom. The third kappa shape index (κ3) is 5.85. The third-order valence-corrected chi connectivity index (χ3v) is 6.52. The van der Waals surface area contributed by atoms with Gasteiger partial charge in [0, 0.05) is 17.7 Å². The smallest absolute Gasteiger partial charge is 0.303 e. The number of carbonyl (C=O) groups is 3. The monoisotopic (exact) mass is 444 g/mol. The summed E-state index contributed by atoms with van der Waals surface area (Å²) in [5.74, 6) is -1.22. The molecule has 31 heavy (non-hydrogen) atoms. The minimum atomic E-state index is -0.931. The van der Waals surface area contributed by atoms with Gasteiger partial charge in [0.2, 0.25) is 5.91 Å². The molecule has 0 saturated carbocycles. The number of ether oxygens (including phenoxy) is 1. The Morgan fingerprint density at radius 2 is 1.84 bits per heavy atom. The molecule has 0 aliphatic heterocycles. The highest BCUT2D eigenvalue weighted by molar-refractivity contribution is 7.17. The number of fused-ring (bicyclic) bond motifs is 1. The molecule has 3 N–H and O–H groups in total. The van der Waals surface area contributed by atoms with E-state index in [1.807, 2.05) is 12.1 Å². The number of thiophene rings is 1. The van der Waals surface area contributed by atoms with E-state index >= 15 is 0 Å². The Hall–Kier alpha value is -2.87. The van der Waals surface area contributed by atoms with Gasteiger partial charge >= 0.3 is 5.97 Å². The molecule has 0 bridgehead atoms. The van der Waals surface area contributed by atoms with E-state index in [-0.39, 0.29) is 30.6 Å². The van der Waals surface area contributed by atoms with Crippen molar-refractivity contribution in [1.82, 2.24) is 0 Å². The minimum Gasteiger partial charge on any atom is -0.495 e. The lowest BCUT2D eigenvalue weighted by Crippen LogP contribution is -2.20. The average molecular weight is 445 g/mol. The fourth-order valence-corrected chi connectivity index (χ4v) is 5.17. The number of hydrogen-bond acceptors (Lipinski definition) is 5. The maximum absolute atomic E-state index is 13.3. The Kier molecular flexibility index (Phi) is 7.68. The Bertz CT molecular complexity index is 969. The second-order valence-corrected chi connectivity index (χ2v) is 8.98. The highest BCUT2D eigenvalue weighted by atomic mass is 32.1. The SMILES string of the molecule is COc1ccccc1NC(=O)c1c(NC(=O)CC(C)CC(=O)O)sc2c1CCCCC2. The van der Waals surface area contributed by atoms with Gasteiger partial charge in [0.1, 0.15) is 10.8 Å². The molecule has 0 spiro atoms. The molecule has 1 heterocycles. The van der Waals surface area contributed by atoms with Crippen LogP contribution in [0.2, 0.25) is 0 Å². The van der Waals surface area contributed by atoms with Crippen LogP contribution >= 0.6 is 11.3 Å². The molecule has 1 aromatic heterocycles. The van der Waals surface area contributed by atoms with E-state index in [1.165, 1.54) is 11.3 Å². The molecule has 0 saturated heterocycles. The van der Waals surface area contributed by atoms with Crippen LogP contribution in [0.1, 0.15) is 59.8 Å². The number of para-hydroxylation sites is 2.